The average molecular weight is 367 g/mol. The number of amides is 2. The number of hydrogen-bond acceptors (Lipinski definition) is 2. The summed E-state index contributed by atoms with van der Waals surface area (Å²) >= 11 is 5.74. The van der Waals surface area contributed by atoms with E-state index < -0.39 is 5.82 Å². The van der Waals surface area contributed by atoms with Crippen LogP contribution in [0, 0.1) is 11.6 Å². The molecule has 25 heavy (non-hydrogen) atoms. The summed E-state index contributed by atoms with van der Waals surface area (Å²) in [5.74, 6) is -1.43. The second-order valence-electron chi connectivity index (χ2n) is 5.42. The first-order valence-corrected chi connectivity index (χ1v) is 7.99. The Bertz CT molecular complexity index is 766. The van der Waals surface area contributed by atoms with Crippen molar-refractivity contribution in [3.05, 3.63) is 64.7 Å². The van der Waals surface area contributed by atoms with Crippen molar-refractivity contribution in [3.63, 3.8) is 0 Å². The van der Waals surface area contributed by atoms with Gasteiger partial charge < -0.3 is 10.2 Å². The standard InChI is InChI=1S/C18H17ClF2N2O2/c1-12(24)23(15-6-7-17(21)16(19)11-15)9-8-22-18(25)10-13-2-4-14(20)5-3-13/h2-7,11H,8-10H2,1H3,(H,22,25). The largest absolute Gasteiger partial charge is 0.354 e. The van der Waals surface area contributed by atoms with Crippen LogP contribution in [0.4, 0.5) is 14.5 Å². The van der Waals surface area contributed by atoms with E-state index >= 15 is 0 Å². The molecule has 0 unspecified atom stereocenters. The number of carbonyl (C=O) groups excluding carboxylic acids is 2. The number of hydrogen-bond donors (Lipinski definition) is 1. The molecule has 0 saturated carbocycles. The monoisotopic (exact) mass is 366 g/mol. The molecule has 0 radical (unpaired) electrons. The Morgan fingerprint density at radius 1 is 1.12 bits per heavy atom. The van der Waals surface area contributed by atoms with E-state index in [9.17, 15) is 18.4 Å². The summed E-state index contributed by atoms with van der Waals surface area (Å²) in [7, 11) is 0. The predicted octanol–water partition coefficient (Wildman–Crippen LogP) is 3.33. The van der Waals surface area contributed by atoms with Gasteiger partial charge in [-0.3, -0.25) is 9.59 Å². The molecule has 2 rings (SSSR count). The van der Waals surface area contributed by atoms with E-state index in [1.807, 2.05) is 0 Å². The average Bonchev–Trinajstić information content (AvgIpc) is 2.56. The van der Waals surface area contributed by atoms with Crippen LogP contribution in [-0.2, 0) is 16.0 Å². The van der Waals surface area contributed by atoms with Crippen LogP contribution in [0.3, 0.4) is 0 Å². The highest BCUT2D eigenvalue weighted by atomic mass is 35.5. The minimum atomic E-state index is -0.568. The van der Waals surface area contributed by atoms with Crippen LogP contribution in [0.15, 0.2) is 42.5 Å². The van der Waals surface area contributed by atoms with E-state index in [-0.39, 0.29) is 42.2 Å². The van der Waals surface area contributed by atoms with Gasteiger partial charge in [-0.2, -0.15) is 0 Å². The number of halogens is 3. The Labute approximate surface area is 149 Å². The van der Waals surface area contributed by atoms with Crippen molar-refractivity contribution in [1.29, 1.82) is 0 Å². The molecule has 0 aliphatic rings. The lowest BCUT2D eigenvalue weighted by Crippen LogP contribution is -2.38. The zero-order valence-corrected chi connectivity index (χ0v) is 14.3. The number of rotatable bonds is 6. The minimum absolute atomic E-state index is 0.0795. The molecule has 2 aromatic rings. The molecule has 0 aromatic heterocycles. The minimum Gasteiger partial charge on any atom is -0.354 e. The molecule has 1 N–H and O–H groups in total. The maximum atomic E-state index is 13.2. The van der Waals surface area contributed by atoms with Crippen molar-refractivity contribution in [2.24, 2.45) is 0 Å². The molecule has 0 fully saturated rings. The summed E-state index contributed by atoms with van der Waals surface area (Å²) in [6.45, 7) is 1.80. The zero-order chi connectivity index (χ0) is 18.4. The first kappa shape index (κ1) is 18.9. The number of carbonyl (C=O) groups is 2. The summed E-state index contributed by atoms with van der Waals surface area (Å²) in [6.07, 6.45) is 0.114. The summed E-state index contributed by atoms with van der Waals surface area (Å²) in [5.41, 5.74) is 1.14. The highest BCUT2D eigenvalue weighted by Gasteiger charge is 2.13. The Morgan fingerprint density at radius 2 is 1.80 bits per heavy atom. The molecule has 7 heteroatoms. The lowest BCUT2D eigenvalue weighted by molar-refractivity contribution is -0.121. The lowest BCUT2D eigenvalue weighted by atomic mass is 10.1. The molecule has 0 spiro atoms. The second-order valence-corrected chi connectivity index (χ2v) is 5.83. The molecular formula is C18H17ClF2N2O2. The van der Waals surface area contributed by atoms with Gasteiger partial charge in [0.15, 0.2) is 0 Å². The molecule has 2 aromatic carbocycles. The van der Waals surface area contributed by atoms with Crippen LogP contribution in [0.25, 0.3) is 0 Å². The van der Waals surface area contributed by atoms with Crippen molar-refractivity contribution in [2.45, 2.75) is 13.3 Å². The van der Waals surface area contributed by atoms with E-state index in [2.05, 4.69) is 5.32 Å². The van der Waals surface area contributed by atoms with Gasteiger partial charge in [-0.1, -0.05) is 23.7 Å². The molecule has 132 valence electrons. The summed E-state index contributed by atoms with van der Waals surface area (Å²) in [5, 5.41) is 2.61. The van der Waals surface area contributed by atoms with Crippen LogP contribution in [-0.4, -0.2) is 24.9 Å². The molecule has 0 aliphatic carbocycles. The van der Waals surface area contributed by atoms with Crippen molar-refractivity contribution in [2.75, 3.05) is 18.0 Å². The molecule has 0 atom stereocenters. The normalized spacial score (nSPS) is 10.4. The molecule has 0 bridgehead atoms. The third kappa shape index (κ3) is 5.53. The molecule has 0 saturated heterocycles. The Kier molecular flexibility index (Phi) is 6.47. The number of nitrogens with zero attached hydrogens (tertiary/aromatic N) is 1. The van der Waals surface area contributed by atoms with Crippen molar-refractivity contribution < 1.29 is 18.4 Å². The first-order chi connectivity index (χ1) is 11.9. The smallest absolute Gasteiger partial charge is 0.224 e. The van der Waals surface area contributed by atoms with Crippen molar-refractivity contribution in [1.82, 2.24) is 5.32 Å². The fraction of sp³-hybridized carbons (Fsp3) is 0.222. The van der Waals surface area contributed by atoms with Gasteiger partial charge in [0.25, 0.3) is 0 Å². The lowest BCUT2D eigenvalue weighted by Gasteiger charge is -2.21. The van der Waals surface area contributed by atoms with Gasteiger partial charge in [0.2, 0.25) is 11.8 Å². The van der Waals surface area contributed by atoms with Gasteiger partial charge in [-0.05, 0) is 35.9 Å². The van der Waals surface area contributed by atoms with E-state index in [4.69, 9.17) is 11.6 Å². The van der Waals surface area contributed by atoms with E-state index in [1.54, 1.807) is 0 Å². The number of nitrogens with one attached hydrogen (secondary N) is 1. The molecule has 0 aliphatic heterocycles. The van der Waals surface area contributed by atoms with Crippen LogP contribution >= 0.6 is 11.6 Å². The summed E-state index contributed by atoms with van der Waals surface area (Å²) < 4.78 is 26.1. The highest BCUT2D eigenvalue weighted by molar-refractivity contribution is 6.31. The molecule has 4 nitrogen and oxygen atoms in total. The second kappa shape index (κ2) is 8.58. The molecule has 2 amide bonds. The van der Waals surface area contributed by atoms with Gasteiger partial charge >= 0.3 is 0 Å². The van der Waals surface area contributed by atoms with Crippen LogP contribution < -0.4 is 10.2 Å². The van der Waals surface area contributed by atoms with Gasteiger partial charge in [0.1, 0.15) is 11.6 Å². The maximum Gasteiger partial charge on any atom is 0.224 e. The van der Waals surface area contributed by atoms with Crippen LogP contribution in [0.2, 0.25) is 5.02 Å². The van der Waals surface area contributed by atoms with Crippen LogP contribution in [0.1, 0.15) is 12.5 Å². The van der Waals surface area contributed by atoms with E-state index in [0.717, 1.165) is 0 Å². The quantitative estimate of drug-likeness (QED) is 0.852. The van der Waals surface area contributed by atoms with Gasteiger partial charge in [0.05, 0.1) is 11.4 Å². The van der Waals surface area contributed by atoms with E-state index in [1.165, 1.54) is 54.3 Å². The van der Waals surface area contributed by atoms with E-state index in [0.29, 0.717) is 11.3 Å². The SMILES string of the molecule is CC(=O)N(CCNC(=O)Cc1ccc(F)cc1)c1ccc(F)c(Cl)c1. The molecule has 0 heterocycles. The number of anilines is 1. The fourth-order valence-corrected chi connectivity index (χ4v) is 2.45. The Morgan fingerprint density at radius 3 is 2.40 bits per heavy atom. The molecular weight excluding hydrogens is 350 g/mol. The predicted molar refractivity (Wildman–Crippen MR) is 92.6 cm³/mol. The fourth-order valence-electron chi connectivity index (χ4n) is 2.28. The number of benzene rings is 2. The zero-order valence-electron chi connectivity index (χ0n) is 13.6. The summed E-state index contributed by atoms with van der Waals surface area (Å²) in [4.78, 5) is 25.1. The van der Waals surface area contributed by atoms with Gasteiger partial charge in [0, 0.05) is 25.7 Å². The highest BCUT2D eigenvalue weighted by Crippen LogP contribution is 2.22. The topological polar surface area (TPSA) is 49.4 Å². The Balaban J connectivity index is 1.90. The first-order valence-electron chi connectivity index (χ1n) is 7.61. The van der Waals surface area contributed by atoms with Crippen molar-refractivity contribution in [3.8, 4) is 0 Å². The third-order valence-electron chi connectivity index (χ3n) is 3.53. The summed E-state index contributed by atoms with van der Waals surface area (Å²) in [6, 6.07) is 9.65. The van der Waals surface area contributed by atoms with Gasteiger partial charge in [-0.25, -0.2) is 8.78 Å². The van der Waals surface area contributed by atoms with Gasteiger partial charge in [-0.15, -0.1) is 0 Å². The third-order valence-corrected chi connectivity index (χ3v) is 3.82. The Hall–Kier alpha value is -2.47. The van der Waals surface area contributed by atoms with Crippen molar-refractivity contribution >= 4 is 29.1 Å². The maximum absolute atomic E-state index is 13.2. The van der Waals surface area contributed by atoms with Crippen LogP contribution in [0.5, 0.6) is 0 Å².